The third-order valence-corrected chi connectivity index (χ3v) is 3.45. The van der Waals surface area contributed by atoms with Gasteiger partial charge < -0.3 is 1.43 Å². The van der Waals surface area contributed by atoms with Gasteiger partial charge in [0.15, 0.2) is 0 Å². The minimum atomic E-state index is 0. The predicted molar refractivity (Wildman–Crippen MR) is 55.0 cm³/mol. The van der Waals surface area contributed by atoms with Crippen LogP contribution in [0.3, 0.4) is 0 Å². The number of hydrogen-bond donors (Lipinski definition) is 0. The first kappa shape index (κ1) is 24.3. The summed E-state index contributed by atoms with van der Waals surface area (Å²) in [4.78, 5) is 0. The van der Waals surface area contributed by atoms with Crippen LogP contribution in [0.15, 0.2) is 0 Å². The molecule has 0 nitrogen and oxygen atoms in total. The van der Waals surface area contributed by atoms with Gasteiger partial charge in [0.2, 0.25) is 0 Å². The number of hydrogen-bond acceptors (Lipinski definition) is 0. The number of rotatable bonds is 1. The predicted octanol–water partition coefficient (Wildman–Crippen LogP) is 0.368. The standard InChI is InChI=1S/C7H13BBr.3FH.K.H/c1-8-7(9)5-3-2-4-6-7;;;;;/h2-6H2,1H3;3*1H;;/q;;;;+1;-1. The molecule has 1 aliphatic rings. The molecule has 0 aliphatic heterocycles. The molecule has 0 aromatic carbocycles. The third-order valence-electron chi connectivity index (χ3n) is 2.20. The van der Waals surface area contributed by atoms with E-state index in [1.807, 2.05) is 0 Å². The van der Waals surface area contributed by atoms with E-state index >= 15 is 0 Å². The Morgan fingerprint density at radius 3 is 1.69 bits per heavy atom. The largest absolute Gasteiger partial charge is 1.00 e. The van der Waals surface area contributed by atoms with Gasteiger partial charge in [0.25, 0.3) is 0 Å². The van der Waals surface area contributed by atoms with Crippen LogP contribution in [0.1, 0.15) is 33.5 Å². The summed E-state index contributed by atoms with van der Waals surface area (Å²) in [5, 5.41) is 0. The van der Waals surface area contributed by atoms with Crippen molar-refractivity contribution in [3.8, 4) is 0 Å². The molecule has 1 fully saturated rings. The summed E-state index contributed by atoms with van der Waals surface area (Å²) >= 11 is 3.74. The van der Waals surface area contributed by atoms with Crippen LogP contribution in [0.2, 0.25) is 6.82 Å². The molecule has 0 saturated heterocycles. The van der Waals surface area contributed by atoms with Gasteiger partial charge in [0, 0.05) is 0 Å². The van der Waals surface area contributed by atoms with Gasteiger partial charge in [-0.05, 0) is 17.1 Å². The van der Waals surface area contributed by atoms with E-state index < -0.39 is 0 Å². The minimum absolute atomic E-state index is 0. The summed E-state index contributed by atoms with van der Waals surface area (Å²) in [6.45, 7) is 2.15. The number of halogens is 4. The van der Waals surface area contributed by atoms with Crippen molar-refractivity contribution < 1.29 is 66.9 Å². The summed E-state index contributed by atoms with van der Waals surface area (Å²) in [6, 6.07) is 0. The van der Waals surface area contributed by atoms with Crippen molar-refractivity contribution >= 4 is 23.2 Å². The van der Waals surface area contributed by atoms with Crippen LogP contribution < -0.4 is 51.4 Å². The molecule has 1 radical (unpaired) electrons. The van der Waals surface area contributed by atoms with E-state index in [0.29, 0.717) is 4.22 Å². The summed E-state index contributed by atoms with van der Waals surface area (Å²) in [6.07, 6.45) is 6.90. The molecule has 0 aromatic rings. The molecule has 0 atom stereocenters. The molecule has 0 aromatic heterocycles. The Morgan fingerprint density at radius 2 is 1.46 bits per heavy atom. The van der Waals surface area contributed by atoms with Crippen molar-refractivity contribution in [2.45, 2.75) is 43.2 Å². The molecule has 0 heterocycles. The molecular formula is C7H17BBrF3K. The number of alkyl halides is 1. The second-order valence-corrected chi connectivity index (χ2v) is 4.46. The normalized spacial score (nSPS) is 17.7. The smallest absolute Gasteiger partial charge is 1.00 e. The average Bonchev–Trinajstić information content (AvgIpc) is 1.90. The molecule has 0 N–H and O–H groups in total. The van der Waals surface area contributed by atoms with Gasteiger partial charge in [-0.2, -0.15) is 0 Å². The van der Waals surface area contributed by atoms with E-state index in [9.17, 15) is 0 Å². The first-order valence-electron chi connectivity index (χ1n) is 3.76. The van der Waals surface area contributed by atoms with Gasteiger partial charge in [0.05, 0.1) is 0 Å². The minimum Gasteiger partial charge on any atom is -1.00 e. The van der Waals surface area contributed by atoms with Crippen molar-refractivity contribution in [1.29, 1.82) is 0 Å². The van der Waals surface area contributed by atoms with E-state index in [0.717, 1.165) is 0 Å². The summed E-state index contributed by atoms with van der Waals surface area (Å²) in [5.41, 5.74) is 0. The fraction of sp³-hybridized carbons (Fsp3) is 1.00. The van der Waals surface area contributed by atoms with Crippen LogP contribution in [-0.2, 0) is 0 Å². The molecule has 77 valence electrons. The molecule has 0 amide bonds. The molecule has 0 spiro atoms. The van der Waals surface area contributed by atoms with Crippen LogP contribution in [0, 0.1) is 0 Å². The zero-order chi connectivity index (χ0) is 6.74. The van der Waals surface area contributed by atoms with E-state index in [2.05, 4.69) is 30.0 Å². The monoisotopic (exact) mass is 287 g/mol. The van der Waals surface area contributed by atoms with Crippen LogP contribution in [-0.4, -0.2) is 11.5 Å². The Labute approximate surface area is 131 Å². The van der Waals surface area contributed by atoms with Crippen LogP contribution >= 0.6 is 15.9 Å². The Kier molecular flexibility index (Phi) is 22.5. The van der Waals surface area contributed by atoms with Gasteiger partial charge >= 0.3 is 51.4 Å². The van der Waals surface area contributed by atoms with Crippen molar-refractivity contribution in [1.82, 2.24) is 0 Å². The Hall–Kier alpha value is 1.97. The Bertz CT molecular complexity index is 107. The second kappa shape index (κ2) is 12.0. The average molecular weight is 288 g/mol. The quantitative estimate of drug-likeness (QED) is 0.483. The Balaban J connectivity index is -0.0000000540. The molecule has 1 aliphatic carbocycles. The van der Waals surface area contributed by atoms with Gasteiger partial charge in [0.1, 0.15) is 7.28 Å². The maximum Gasteiger partial charge on any atom is 1.00 e. The summed E-state index contributed by atoms with van der Waals surface area (Å²) in [7, 11) is 2.30. The maximum absolute atomic E-state index is 3.74. The van der Waals surface area contributed by atoms with Crippen molar-refractivity contribution in [3.63, 3.8) is 0 Å². The van der Waals surface area contributed by atoms with Gasteiger partial charge in [-0.3, -0.25) is 14.1 Å². The molecule has 6 heteroatoms. The summed E-state index contributed by atoms with van der Waals surface area (Å²) in [5.74, 6) is 0. The van der Waals surface area contributed by atoms with E-state index in [4.69, 9.17) is 0 Å². The maximum atomic E-state index is 3.74. The van der Waals surface area contributed by atoms with E-state index in [1.165, 1.54) is 32.1 Å². The van der Waals surface area contributed by atoms with Crippen LogP contribution in [0.25, 0.3) is 0 Å². The Morgan fingerprint density at radius 1 is 1.08 bits per heavy atom. The molecular weight excluding hydrogens is 271 g/mol. The van der Waals surface area contributed by atoms with E-state index in [1.54, 1.807) is 0 Å². The summed E-state index contributed by atoms with van der Waals surface area (Å²) < 4.78 is 0.408. The third kappa shape index (κ3) is 8.93. The topological polar surface area (TPSA) is 0 Å². The first-order chi connectivity index (χ1) is 4.27. The fourth-order valence-electron chi connectivity index (χ4n) is 1.43. The van der Waals surface area contributed by atoms with Crippen molar-refractivity contribution in [2.75, 3.05) is 0 Å². The first-order valence-corrected chi connectivity index (χ1v) is 4.56. The fourth-order valence-corrected chi connectivity index (χ4v) is 1.99. The van der Waals surface area contributed by atoms with Crippen LogP contribution in [0.5, 0.6) is 0 Å². The zero-order valence-corrected chi connectivity index (χ0v) is 12.9. The SMILES string of the molecule is C[B]C1(Br)CCCCC1.F.F.F.[H-].[K+]. The molecule has 0 bridgehead atoms. The van der Waals surface area contributed by atoms with Crippen molar-refractivity contribution in [3.05, 3.63) is 0 Å². The molecule has 1 saturated carbocycles. The van der Waals surface area contributed by atoms with Crippen molar-refractivity contribution in [2.24, 2.45) is 0 Å². The van der Waals surface area contributed by atoms with Crippen LogP contribution in [0.4, 0.5) is 14.1 Å². The molecule has 1 rings (SSSR count). The van der Waals surface area contributed by atoms with Gasteiger partial charge in [-0.15, -0.1) is 0 Å². The van der Waals surface area contributed by atoms with Gasteiger partial charge in [-0.25, -0.2) is 0 Å². The van der Waals surface area contributed by atoms with Gasteiger partial charge in [-0.1, -0.05) is 42.0 Å². The zero-order valence-electron chi connectivity index (χ0n) is 9.22. The second-order valence-electron chi connectivity index (χ2n) is 2.88. The molecule has 13 heavy (non-hydrogen) atoms. The van der Waals surface area contributed by atoms with E-state index in [-0.39, 0.29) is 66.9 Å². The molecule has 0 unspecified atom stereocenters.